The third kappa shape index (κ3) is 3.76. The fourth-order valence-corrected chi connectivity index (χ4v) is 4.42. The number of hydrogen-bond donors (Lipinski definition) is 1. The third-order valence-electron chi connectivity index (χ3n) is 4.87. The summed E-state index contributed by atoms with van der Waals surface area (Å²) in [5.41, 5.74) is 5.71. The monoisotopic (exact) mass is 427 g/mol. The Labute approximate surface area is 176 Å². The smallest absolute Gasteiger partial charge is 0.308 e. The lowest BCUT2D eigenvalue weighted by Crippen LogP contribution is -2.35. The van der Waals surface area contributed by atoms with Crippen LogP contribution in [0.25, 0.3) is 10.2 Å². The van der Waals surface area contributed by atoms with E-state index in [0.29, 0.717) is 28.2 Å². The van der Waals surface area contributed by atoms with Gasteiger partial charge in [0.2, 0.25) is 0 Å². The Morgan fingerprint density at radius 3 is 2.47 bits per heavy atom. The number of aryl methyl sites for hydroxylation is 2. The summed E-state index contributed by atoms with van der Waals surface area (Å²) in [5, 5.41) is 0.224. The molecule has 3 aromatic rings. The van der Waals surface area contributed by atoms with Crippen LogP contribution in [0.2, 0.25) is 0 Å². The molecule has 0 fully saturated rings. The first-order valence-electron chi connectivity index (χ1n) is 9.30. The first-order valence-corrected chi connectivity index (χ1v) is 10.1. The Morgan fingerprint density at radius 2 is 1.90 bits per heavy atom. The number of primary amides is 1. The second-order valence-corrected chi connectivity index (χ2v) is 7.68. The van der Waals surface area contributed by atoms with Crippen molar-refractivity contribution in [3.63, 3.8) is 0 Å². The number of ketones is 1. The fourth-order valence-electron chi connectivity index (χ4n) is 3.38. The van der Waals surface area contributed by atoms with E-state index in [9.17, 15) is 19.2 Å². The van der Waals surface area contributed by atoms with Gasteiger partial charge in [-0.15, -0.1) is 11.3 Å². The normalized spacial score (nSPS) is 12.0. The van der Waals surface area contributed by atoms with E-state index >= 15 is 0 Å². The van der Waals surface area contributed by atoms with Gasteiger partial charge in [-0.25, -0.2) is 4.98 Å². The van der Waals surface area contributed by atoms with E-state index in [1.807, 2.05) is 0 Å². The van der Waals surface area contributed by atoms with Crippen molar-refractivity contribution < 1.29 is 19.1 Å². The zero-order chi connectivity index (χ0) is 22.0. The third-order valence-corrected chi connectivity index (χ3v) is 6.07. The first kappa shape index (κ1) is 21.4. The zero-order valence-electron chi connectivity index (χ0n) is 16.8. The maximum Gasteiger partial charge on any atom is 0.308 e. The highest BCUT2D eigenvalue weighted by molar-refractivity contribution is 7.20. The van der Waals surface area contributed by atoms with Gasteiger partial charge < -0.3 is 10.5 Å². The molecule has 1 atom stereocenters. The number of carbonyl (C=O) groups is 3. The number of thiophene rings is 1. The van der Waals surface area contributed by atoms with Crippen LogP contribution in [0, 0.1) is 6.92 Å². The molecule has 0 spiro atoms. The summed E-state index contributed by atoms with van der Waals surface area (Å²) in [4.78, 5) is 55.7. The molecule has 2 aromatic heterocycles. The van der Waals surface area contributed by atoms with Crippen LogP contribution in [0.4, 0.5) is 0 Å². The summed E-state index contributed by atoms with van der Waals surface area (Å²) in [5.74, 6) is -1.34. The average molecular weight is 427 g/mol. The van der Waals surface area contributed by atoms with E-state index in [-0.39, 0.29) is 16.7 Å². The summed E-state index contributed by atoms with van der Waals surface area (Å²) in [7, 11) is 1.22. The van der Waals surface area contributed by atoms with Gasteiger partial charge in [0.25, 0.3) is 11.5 Å². The number of ether oxygens (including phenoxy) is 1. The van der Waals surface area contributed by atoms with Crippen LogP contribution in [0.5, 0.6) is 0 Å². The molecule has 0 radical (unpaired) electrons. The number of nitrogens with zero attached hydrogens (tertiary/aromatic N) is 2. The Bertz CT molecular complexity index is 1200. The van der Waals surface area contributed by atoms with E-state index in [0.717, 1.165) is 11.3 Å². The van der Waals surface area contributed by atoms with Crippen molar-refractivity contribution in [2.75, 3.05) is 7.11 Å². The standard InChI is InChI=1S/C21H21N3O5S/c1-4-14-23-20-16(11(2)18(30-20)19(22)27)21(28)24(14)13(10-15(25)29-3)17(26)12-8-6-5-7-9-12/h5-9,13H,4,10H2,1-3H3,(H2,22,27). The molecule has 1 amide bonds. The second kappa shape index (κ2) is 8.58. The number of esters is 1. The van der Waals surface area contributed by atoms with E-state index < -0.39 is 29.3 Å². The van der Waals surface area contributed by atoms with Crippen LogP contribution >= 0.6 is 11.3 Å². The highest BCUT2D eigenvalue weighted by Crippen LogP contribution is 2.29. The van der Waals surface area contributed by atoms with Gasteiger partial charge in [0, 0.05) is 12.0 Å². The molecule has 0 saturated carbocycles. The number of Topliss-reactive ketones (excluding diaryl/α,β-unsaturated/α-hetero) is 1. The van der Waals surface area contributed by atoms with Gasteiger partial charge >= 0.3 is 5.97 Å². The van der Waals surface area contributed by atoms with Crippen LogP contribution in [0.15, 0.2) is 35.1 Å². The molecule has 156 valence electrons. The number of amides is 1. The molecule has 0 saturated heterocycles. The SMILES string of the molecule is CCc1nc2sc(C(N)=O)c(C)c2c(=O)n1C(CC(=O)OC)C(=O)c1ccccc1. The summed E-state index contributed by atoms with van der Waals surface area (Å²) >= 11 is 1.04. The topological polar surface area (TPSA) is 121 Å². The Hall–Kier alpha value is -3.33. The lowest BCUT2D eigenvalue weighted by atomic mass is 10.0. The van der Waals surface area contributed by atoms with Crippen molar-refractivity contribution in [2.45, 2.75) is 32.7 Å². The van der Waals surface area contributed by atoms with E-state index in [1.165, 1.54) is 11.7 Å². The van der Waals surface area contributed by atoms with E-state index in [2.05, 4.69) is 4.98 Å². The highest BCUT2D eigenvalue weighted by Gasteiger charge is 2.30. The number of aromatic nitrogens is 2. The number of rotatable bonds is 7. The molecule has 0 bridgehead atoms. The number of fused-ring (bicyclic) bond motifs is 1. The highest BCUT2D eigenvalue weighted by atomic mass is 32.1. The number of benzene rings is 1. The van der Waals surface area contributed by atoms with E-state index in [1.54, 1.807) is 44.2 Å². The molecule has 1 aromatic carbocycles. The Morgan fingerprint density at radius 1 is 1.23 bits per heavy atom. The number of nitrogens with two attached hydrogens (primary N) is 1. The van der Waals surface area contributed by atoms with Gasteiger partial charge in [0.1, 0.15) is 16.7 Å². The fraction of sp³-hybridized carbons (Fsp3) is 0.286. The van der Waals surface area contributed by atoms with Crippen LogP contribution in [-0.2, 0) is 16.0 Å². The number of carbonyl (C=O) groups excluding carboxylic acids is 3. The minimum atomic E-state index is -1.13. The molecular formula is C21H21N3O5S. The molecule has 3 rings (SSSR count). The molecule has 2 N–H and O–H groups in total. The molecule has 2 heterocycles. The van der Waals surface area contributed by atoms with Crippen LogP contribution in [0.1, 0.15) is 50.8 Å². The van der Waals surface area contributed by atoms with Crippen molar-refractivity contribution in [1.29, 1.82) is 0 Å². The van der Waals surface area contributed by atoms with Gasteiger partial charge in [-0.3, -0.25) is 23.7 Å². The summed E-state index contributed by atoms with van der Waals surface area (Å²) in [6.07, 6.45) is 0.0178. The molecule has 0 aliphatic rings. The maximum atomic E-state index is 13.5. The number of methoxy groups -OCH3 is 1. The van der Waals surface area contributed by atoms with Gasteiger partial charge in [-0.2, -0.15) is 0 Å². The lowest BCUT2D eigenvalue weighted by Gasteiger charge is -2.21. The van der Waals surface area contributed by atoms with E-state index in [4.69, 9.17) is 10.5 Å². The van der Waals surface area contributed by atoms with Crippen molar-refractivity contribution in [3.8, 4) is 0 Å². The maximum absolute atomic E-state index is 13.5. The van der Waals surface area contributed by atoms with Gasteiger partial charge in [-0.05, 0) is 12.5 Å². The summed E-state index contributed by atoms with van der Waals surface area (Å²) < 4.78 is 6.01. The Balaban J connectivity index is 2.30. The number of hydrogen-bond acceptors (Lipinski definition) is 7. The van der Waals surface area contributed by atoms with Gasteiger partial charge in [0.15, 0.2) is 5.78 Å². The minimum absolute atomic E-state index is 0.224. The first-order chi connectivity index (χ1) is 14.3. The Kier molecular flexibility index (Phi) is 6.12. The molecule has 8 nitrogen and oxygen atoms in total. The quantitative estimate of drug-likeness (QED) is 0.456. The molecule has 1 unspecified atom stereocenters. The van der Waals surface area contributed by atoms with Crippen molar-refractivity contribution >= 4 is 39.2 Å². The van der Waals surface area contributed by atoms with Gasteiger partial charge in [0.05, 0.1) is 23.8 Å². The molecule has 0 aliphatic carbocycles. The van der Waals surface area contributed by atoms with Crippen molar-refractivity contribution in [2.24, 2.45) is 5.73 Å². The molecular weight excluding hydrogens is 406 g/mol. The largest absolute Gasteiger partial charge is 0.469 e. The summed E-state index contributed by atoms with van der Waals surface area (Å²) in [6.45, 7) is 3.41. The van der Waals surface area contributed by atoms with Crippen molar-refractivity contribution in [1.82, 2.24) is 9.55 Å². The minimum Gasteiger partial charge on any atom is -0.469 e. The van der Waals surface area contributed by atoms with Crippen LogP contribution in [0.3, 0.4) is 0 Å². The van der Waals surface area contributed by atoms with Crippen LogP contribution < -0.4 is 11.3 Å². The predicted molar refractivity (Wildman–Crippen MR) is 113 cm³/mol. The molecule has 9 heteroatoms. The predicted octanol–water partition coefficient (Wildman–Crippen LogP) is 2.41. The second-order valence-electron chi connectivity index (χ2n) is 6.68. The zero-order valence-corrected chi connectivity index (χ0v) is 17.6. The van der Waals surface area contributed by atoms with Gasteiger partial charge in [-0.1, -0.05) is 37.3 Å². The molecule has 30 heavy (non-hydrogen) atoms. The lowest BCUT2D eigenvalue weighted by molar-refractivity contribution is -0.141. The van der Waals surface area contributed by atoms with Crippen molar-refractivity contribution in [3.05, 3.63) is 62.5 Å². The average Bonchev–Trinajstić information content (AvgIpc) is 3.09. The molecule has 0 aliphatic heterocycles. The summed E-state index contributed by atoms with van der Waals surface area (Å²) in [6, 6.07) is 7.29. The van der Waals surface area contributed by atoms with Crippen LogP contribution in [-0.4, -0.2) is 34.3 Å².